The number of rotatable bonds is 5. The number of halogens is 1. The van der Waals surface area contributed by atoms with Crippen LogP contribution in [-0.4, -0.2) is 38.3 Å². The molecule has 168 valence electrons. The minimum absolute atomic E-state index is 0.261. The summed E-state index contributed by atoms with van der Waals surface area (Å²) in [6.07, 6.45) is 4.40. The average Bonchev–Trinajstić information content (AvgIpc) is 3.45. The third-order valence-corrected chi connectivity index (χ3v) is 7.56. The lowest BCUT2D eigenvalue weighted by molar-refractivity contribution is 0.246. The number of fused-ring (bicyclic) bond motifs is 5. The van der Waals surface area contributed by atoms with Crippen molar-refractivity contribution in [3.8, 4) is 17.1 Å². The minimum atomic E-state index is -0.261. The minimum Gasteiger partial charge on any atom is -0.497 e. The van der Waals surface area contributed by atoms with Crippen molar-refractivity contribution >= 4 is 16.3 Å². The Morgan fingerprint density at radius 1 is 1.15 bits per heavy atom. The second-order valence-electron chi connectivity index (χ2n) is 8.35. The van der Waals surface area contributed by atoms with E-state index in [1.54, 1.807) is 36.9 Å². The molecule has 2 aliphatic heterocycles. The zero-order valence-electron chi connectivity index (χ0n) is 18.2. The third kappa shape index (κ3) is 3.67. The first-order chi connectivity index (χ1) is 16.2. The molecule has 6 rings (SSSR count). The molecule has 4 aromatic rings. The van der Waals surface area contributed by atoms with Gasteiger partial charge in [0.2, 0.25) is 0 Å². The van der Waals surface area contributed by atoms with Gasteiger partial charge in [0.05, 0.1) is 18.4 Å². The highest BCUT2D eigenvalue weighted by Crippen LogP contribution is 2.47. The Labute approximate surface area is 195 Å². The van der Waals surface area contributed by atoms with Gasteiger partial charge in [-0.15, -0.1) is 11.3 Å². The highest BCUT2D eigenvalue weighted by molar-refractivity contribution is 7.17. The van der Waals surface area contributed by atoms with E-state index >= 15 is 0 Å². The summed E-state index contributed by atoms with van der Waals surface area (Å²) >= 11 is 1.80. The summed E-state index contributed by atoms with van der Waals surface area (Å²) in [5.74, 6) is 1.17. The van der Waals surface area contributed by atoms with Gasteiger partial charge in [-0.2, -0.15) is 5.10 Å². The van der Waals surface area contributed by atoms with Gasteiger partial charge in [0.25, 0.3) is 0 Å². The molecule has 0 amide bonds. The SMILES string of the molecule is COc1ccc(CN2Cn3ncnc3-c3c2sc2c3CCN(Cc3ccccn3)C2)c(F)c1. The first-order valence-electron chi connectivity index (χ1n) is 10.9. The summed E-state index contributed by atoms with van der Waals surface area (Å²) in [5.41, 5.74) is 4.22. The topological polar surface area (TPSA) is 59.3 Å². The number of benzene rings is 1. The molecule has 1 aromatic carbocycles. The standard InChI is InChI=1S/C24H23FN6OS/c1-32-18-6-5-16(20(25)10-18)11-30-15-31-23(27-14-28-31)22-19-7-9-29(13-21(19)33-24(22)30)12-17-4-2-3-8-26-17/h2-6,8,10,14H,7,9,11-13,15H2,1H3. The molecule has 0 bridgehead atoms. The van der Waals surface area contributed by atoms with Gasteiger partial charge in [0.15, 0.2) is 5.82 Å². The van der Waals surface area contributed by atoms with Crippen molar-refractivity contribution in [2.24, 2.45) is 0 Å². The van der Waals surface area contributed by atoms with Gasteiger partial charge in [-0.1, -0.05) is 12.1 Å². The number of nitrogens with zero attached hydrogens (tertiary/aromatic N) is 6. The molecule has 3 aromatic heterocycles. The average molecular weight is 463 g/mol. The molecular formula is C24H23FN6OS. The van der Waals surface area contributed by atoms with E-state index in [1.165, 1.54) is 16.5 Å². The molecule has 9 heteroatoms. The monoisotopic (exact) mass is 462 g/mol. The van der Waals surface area contributed by atoms with Gasteiger partial charge in [-0.3, -0.25) is 9.88 Å². The van der Waals surface area contributed by atoms with Crippen LogP contribution in [0.15, 0.2) is 48.9 Å². The Morgan fingerprint density at radius 3 is 2.91 bits per heavy atom. The van der Waals surface area contributed by atoms with Crippen LogP contribution in [0, 0.1) is 5.82 Å². The third-order valence-electron chi connectivity index (χ3n) is 6.28. The highest BCUT2D eigenvalue weighted by atomic mass is 32.1. The van der Waals surface area contributed by atoms with Crippen LogP contribution in [0.2, 0.25) is 0 Å². The van der Waals surface area contributed by atoms with E-state index < -0.39 is 0 Å². The van der Waals surface area contributed by atoms with Crippen LogP contribution in [0.1, 0.15) is 21.7 Å². The molecular weight excluding hydrogens is 439 g/mol. The predicted molar refractivity (Wildman–Crippen MR) is 125 cm³/mol. The predicted octanol–water partition coefficient (Wildman–Crippen LogP) is 4.09. The van der Waals surface area contributed by atoms with Crippen molar-refractivity contribution in [2.75, 3.05) is 18.6 Å². The number of anilines is 1. The Balaban J connectivity index is 1.33. The van der Waals surface area contributed by atoms with E-state index in [-0.39, 0.29) is 5.82 Å². The van der Waals surface area contributed by atoms with Crippen LogP contribution in [0.5, 0.6) is 5.75 Å². The second-order valence-corrected chi connectivity index (χ2v) is 9.43. The van der Waals surface area contributed by atoms with Gasteiger partial charge in [0.1, 0.15) is 29.6 Å². The van der Waals surface area contributed by atoms with E-state index in [0.717, 1.165) is 48.1 Å². The molecule has 5 heterocycles. The number of pyridine rings is 1. The van der Waals surface area contributed by atoms with E-state index in [2.05, 4.69) is 30.9 Å². The first kappa shape index (κ1) is 20.3. The molecule has 7 nitrogen and oxygen atoms in total. The van der Waals surface area contributed by atoms with Crippen LogP contribution < -0.4 is 9.64 Å². The normalized spacial score (nSPS) is 15.2. The van der Waals surface area contributed by atoms with Gasteiger partial charge in [-0.05, 0) is 30.2 Å². The molecule has 0 radical (unpaired) electrons. The number of hydrogen-bond acceptors (Lipinski definition) is 7. The fourth-order valence-electron chi connectivity index (χ4n) is 4.65. The van der Waals surface area contributed by atoms with Crippen LogP contribution in [0.25, 0.3) is 11.4 Å². The lowest BCUT2D eigenvalue weighted by Crippen LogP contribution is -2.31. The summed E-state index contributed by atoms with van der Waals surface area (Å²) in [5, 5.41) is 5.58. The molecule has 0 spiro atoms. The lowest BCUT2D eigenvalue weighted by atomic mass is 10.0. The van der Waals surface area contributed by atoms with Gasteiger partial charge >= 0.3 is 0 Å². The highest BCUT2D eigenvalue weighted by Gasteiger charge is 2.33. The number of ether oxygens (including phenoxy) is 1. The Hall–Kier alpha value is -3.30. The molecule has 0 unspecified atom stereocenters. The van der Waals surface area contributed by atoms with Crippen LogP contribution >= 0.6 is 11.3 Å². The summed E-state index contributed by atoms with van der Waals surface area (Å²) < 4.78 is 21.8. The van der Waals surface area contributed by atoms with E-state index in [1.807, 2.05) is 23.0 Å². The quantitative estimate of drug-likeness (QED) is 0.445. The van der Waals surface area contributed by atoms with E-state index in [9.17, 15) is 4.39 Å². The number of aromatic nitrogens is 4. The summed E-state index contributed by atoms with van der Waals surface area (Å²) in [6.45, 7) is 3.68. The zero-order valence-corrected chi connectivity index (χ0v) is 19.1. The van der Waals surface area contributed by atoms with Crippen molar-refractivity contribution in [1.29, 1.82) is 0 Å². The molecule has 33 heavy (non-hydrogen) atoms. The smallest absolute Gasteiger partial charge is 0.163 e. The van der Waals surface area contributed by atoms with Crippen LogP contribution in [0.3, 0.4) is 0 Å². The molecule has 0 fully saturated rings. The zero-order chi connectivity index (χ0) is 22.4. The molecule has 0 aliphatic carbocycles. The second kappa shape index (κ2) is 8.24. The number of hydrogen-bond donors (Lipinski definition) is 0. The van der Waals surface area contributed by atoms with E-state index in [0.29, 0.717) is 24.5 Å². The first-order valence-corrected chi connectivity index (χ1v) is 11.7. The maximum Gasteiger partial charge on any atom is 0.163 e. The van der Waals surface area contributed by atoms with Gasteiger partial charge in [0, 0.05) is 48.9 Å². The van der Waals surface area contributed by atoms with Crippen molar-refractivity contribution in [3.05, 3.63) is 76.4 Å². The summed E-state index contributed by atoms with van der Waals surface area (Å²) in [4.78, 5) is 15.0. The largest absolute Gasteiger partial charge is 0.497 e. The van der Waals surface area contributed by atoms with Crippen molar-refractivity contribution in [1.82, 2.24) is 24.6 Å². The van der Waals surface area contributed by atoms with Gasteiger partial charge < -0.3 is 9.64 Å². The Kier molecular flexibility index (Phi) is 5.07. The molecule has 0 atom stereocenters. The van der Waals surface area contributed by atoms with Gasteiger partial charge in [-0.25, -0.2) is 14.1 Å². The van der Waals surface area contributed by atoms with Crippen molar-refractivity contribution in [3.63, 3.8) is 0 Å². The molecule has 2 aliphatic rings. The van der Waals surface area contributed by atoms with Crippen LogP contribution in [-0.2, 0) is 32.7 Å². The van der Waals surface area contributed by atoms with E-state index in [4.69, 9.17) is 4.74 Å². The summed E-state index contributed by atoms with van der Waals surface area (Å²) in [6, 6.07) is 11.1. The number of methoxy groups -OCH3 is 1. The fourth-order valence-corrected chi connectivity index (χ4v) is 6.02. The lowest BCUT2D eigenvalue weighted by Gasteiger charge is -2.30. The number of thiophene rings is 1. The maximum absolute atomic E-state index is 14.7. The van der Waals surface area contributed by atoms with Crippen molar-refractivity contribution < 1.29 is 9.13 Å². The van der Waals surface area contributed by atoms with Crippen LogP contribution in [0.4, 0.5) is 9.39 Å². The molecule has 0 saturated heterocycles. The molecule has 0 N–H and O–H groups in total. The molecule has 0 saturated carbocycles. The Bertz CT molecular complexity index is 1300. The summed E-state index contributed by atoms with van der Waals surface area (Å²) in [7, 11) is 1.55. The maximum atomic E-state index is 14.7. The fraction of sp³-hybridized carbons (Fsp3) is 0.292. The van der Waals surface area contributed by atoms with Crippen molar-refractivity contribution in [2.45, 2.75) is 32.7 Å². The Morgan fingerprint density at radius 2 is 2.09 bits per heavy atom.